The zero-order valence-electron chi connectivity index (χ0n) is 11.3. The quantitative estimate of drug-likeness (QED) is 0.729. The Balaban J connectivity index is 1.64. The first kappa shape index (κ1) is 13.9. The summed E-state index contributed by atoms with van der Waals surface area (Å²) >= 11 is 6.17. The third kappa shape index (κ3) is 4.29. The van der Waals surface area contributed by atoms with E-state index in [2.05, 4.69) is 42.2 Å². The highest BCUT2D eigenvalue weighted by molar-refractivity contribution is 6.20. The second-order valence-corrected chi connectivity index (χ2v) is 6.13. The number of nitrogens with zero attached hydrogens (tertiary/aromatic N) is 1. The standard InChI is InChI=1S/C16H24ClN/c1-14(17)16-9-12-18(13-10-16)11-5-8-15-6-3-2-4-7-15/h2-4,6-7,14,16H,5,8-13H2,1H3. The smallest absolute Gasteiger partial charge is 0.0337 e. The van der Waals surface area contributed by atoms with Gasteiger partial charge >= 0.3 is 0 Å². The number of piperidine rings is 1. The lowest BCUT2D eigenvalue weighted by Crippen LogP contribution is -2.36. The van der Waals surface area contributed by atoms with Gasteiger partial charge in [-0.15, -0.1) is 11.6 Å². The predicted octanol–water partition coefficient (Wildman–Crippen LogP) is 3.96. The third-order valence-corrected chi connectivity index (χ3v) is 4.42. The molecule has 1 heterocycles. The molecule has 2 heteroatoms. The van der Waals surface area contributed by atoms with Crippen molar-refractivity contribution in [1.82, 2.24) is 4.90 Å². The molecule has 0 N–H and O–H groups in total. The van der Waals surface area contributed by atoms with Crippen LogP contribution in [0, 0.1) is 5.92 Å². The van der Waals surface area contributed by atoms with Crippen LogP contribution in [0.2, 0.25) is 0 Å². The summed E-state index contributed by atoms with van der Waals surface area (Å²) in [7, 11) is 0. The summed E-state index contributed by atoms with van der Waals surface area (Å²) in [5.41, 5.74) is 1.46. The summed E-state index contributed by atoms with van der Waals surface area (Å²) in [4.78, 5) is 2.60. The molecule has 1 aliphatic heterocycles. The highest BCUT2D eigenvalue weighted by atomic mass is 35.5. The van der Waals surface area contributed by atoms with Crippen LogP contribution in [-0.4, -0.2) is 29.9 Å². The molecule has 1 aromatic carbocycles. The monoisotopic (exact) mass is 265 g/mol. The first-order chi connectivity index (χ1) is 8.75. The van der Waals surface area contributed by atoms with Gasteiger partial charge in [-0.3, -0.25) is 0 Å². The van der Waals surface area contributed by atoms with E-state index in [1.165, 1.54) is 50.9 Å². The summed E-state index contributed by atoms with van der Waals surface area (Å²) in [6, 6.07) is 10.8. The summed E-state index contributed by atoms with van der Waals surface area (Å²) in [5.74, 6) is 0.733. The molecule has 0 radical (unpaired) electrons. The van der Waals surface area contributed by atoms with Crippen LogP contribution < -0.4 is 0 Å². The minimum Gasteiger partial charge on any atom is -0.303 e. The van der Waals surface area contributed by atoms with E-state index in [-0.39, 0.29) is 0 Å². The number of hydrogen-bond donors (Lipinski definition) is 0. The van der Waals surface area contributed by atoms with Crippen LogP contribution in [0.25, 0.3) is 0 Å². The first-order valence-corrected chi connectivity index (χ1v) is 7.59. The fourth-order valence-electron chi connectivity index (χ4n) is 2.79. The molecule has 0 aromatic heterocycles. The zero-order chi connectivity index (χ0) is 12.8. The van der Waals surface area contributed by atoms with Crippen molar-refractivity contribution in [3.63, 3.8) is 0 Å². The lowest BCUT2D eigenvalue weighted by molar-refractivity contribution is 0.182. The average Bonchev–Trinajstić information content (AvgIpc) is 2.40. The number of halogens is 1. The van der Waals surface area contributed by atoms with Crippen LogP contribution in [0.4, 0.5) is 0 Å². The van der Waals surface area contributed by atoms with Gasteiger partial charge in [0.25, 0.3) is 0 Å². The van der Waals surface area contributed by atoms with Crippen molar-refractivity contribution in [2.75, 3.05) is 19.6 Å². The van der Waals surface area contributed by atoms with Gasteiger partial charge in [-0.1, -0.05) is 30.3 Å². The van der Waals surface area contributed by atoms with Crippen molar-refractivity contribution in [1.29, 1.82) is 0 Å². The molecular weight excluding hydrogens is 242 g/mol. The molecule has 100 valence electrons. The van der Waals surface area contributed by atoms with Gasteiger partial charge in [0.1, 0.15) is 0 Å². The van der Waals surface area contributed by atoms with Crippen LogP contribution in [0.1, 0.15) is 31.7 Å². The van der Waals surface area contributed by atoms with Gasteiger partial charge in [-0.2, -0.15) is 0 Å². The van der Waals surface area contributed by atoms with Gasteiger partial charge in [0.2, 0.25) is 0 Å². The van der Waals surface area contributed by atoms with E-state index in [4.69, 9.17) is 11.6 Å². The molecule has 0 aliphatic carbocycles. The minimum absolute atomic E-state index is 0.344. The topological polar surface area (TPSA) is 3.24 Å². The van der Waals surface area contributed by atoms with E-state index in [0.29, 0.717) is 5.38 Å². The Kier molecular flexibility index (Phi) is 5.52. The molecule has 1 nitrogen and oxygen atoms in total. The minimum atomic E-state index is 0.344. The molecule has 0 amide bonds. The van der Waals surface area contributed by atoms with Crippen molar-refractivity contribution >= 4 is 11.6 Å². The maximum Gasteiger partial charge on any atom is 0.0337 e. The van der Waals surface area contributed by atoms with Crippen molar-refractivity contribution in [2.45, 2.75) is 38.0 Å². The molecule has 18 heavy (non-hydrogen) atoms. The molecule has 2 rings (SSSR count). The predicted molar refractivity (Wildman–Crippen MR) is 79.2 cm³/mol. The van der Waals surface area contributed by atoms with E-state index in [1.54, 1.807) is 0 Å². The lowest BCUT2D eigenvalue weighted by Gasteiger charge is -2.33. The Morgan fingerprint density at radius 2 is 1.89 bits per heavy atom. The zero-order valence-corrected chi connectivity index (χ0v) is 12.1. The summed E-state index contributed by atoms with van der Waals surface area (Å²) < 4.78 is 0. The Morgan fingerprint density at radius 1 is 1.22 bits per heavy atom. The molecule has 0 bridgehead atoms. The van der Waals surface area contributed by atoms with E-state index in [0.717, 1.165) is 5.92 Å². The van der Waals surface area contributed by atoms with Gasteiger partial charge in [-0.05, 0) is 63.7 Å². The van der Waals surface area contributed by atoms with Gasteiger partial charge in [0.15, 0.2) is 0 Å². The van der Waals surface area contributed by atoms with E-state index >= 15 is 0 Å². The van der Waals surface area contributed by atoms with Gasteiger partial charge in [0, 0.05) is 5.38 Å². The van der Waals surface area contributed by atoms with Crippen LogP contribution in [0.15, 0.2) is 30.3 Å². The van der Waals surface area contributed by atoms with Crippen molar-refractivity contribution in [2.24, 2.45) is 5.92 Å². The van der Waals surface area contributed by atoms with Gasteiger partial charge < -0.3 is 4.90 Å². The molecule has 1 aliphatic rings. The number of benzene rings is 1. The molecular formula is C16H24ClN. The van der Waals surface area contributed by atoms with Gasteiger partial charge in [-0.25, -0.2) is 0 Å². The molecule has 0 saturated carbocycles. The highest BCUT2D eigenvalue weighted by Gasteiger charge is 2.21. The Hall–Kier alpha value is -0.530. The fraction of sp³-hybridized carbons (Fsp3) is 0.625. The van der Waals surface area contributed by atoms with Crippen LogP contribution >= 0.6 is 11.6 Å². The maximum absolute atomic E-state index is 6.17. The first-order valence-electron chi connectivity index (χ1n) is 7.16. The molecule has 1 saturated heterocycles. The van der Waals surface area contributed by atoms with Crippen LogP contribution in [-0.2, 0) is 6.42 Å². The number of rotatable bonds is 5. The number of aryl methyl sites for hydroxylation is 1. The number of hydrogen-bond acceptors (Lipinski definition) is 1. The second-order valence-electron chi connectivity index (χ2n) is 5.45. The number of alkyl halides is 1. The normalized spacial score (nSPS) is 19.9. The molecule has 1 fully saturated rings. The van der Waals surface area contributed by atoms with E-state index in [1.807, 2.05) is 0 Å². The Morgan fingerprint density at radius 3 is 2.50 bits per heavy atom. The van der Waals surface area contributed by atoms with Crippen LogP contribution in [0.3, 0.4) is 0 Å². The summed E-state index contributed by atoms with van der Waals surface area (Å²) in [6.45, 7) is 5.84. The van der Waals surface area contributed by atoms with Crippen molar-refractivity contribution < 1.29 is 0 Å². The summed E-state index contributed by atoms with van der Waals surface area (Å²) in [6.07, 6.45) is 5.02. The molecule has 1 unspecified atom stereocenters. The third-order valence-electron chi connectivity index (χ3n) is 4.06. The number of likely N-dealkylation sites (tertiary alicyclic amines) is 1. The van der Waals surface area contributed by atoms with Crippen molar-refractivity contribution in [3.8, 4) is 0 Å². The second kappa shape index (κ2) is 7.16. The van der Waals surface area contributed by atoms with Crippen LogP contribution in [0.5, 0.6) is 0 Å². The van der Waals surface area contributed by atoms with Gasteiger partial charge in [0.05, 0.1) is 0 Å². The van der Waals surface area contributed by atoms with Crippen molar-refractivity contribution in [3.05, 3.63) is 35.9 Å². The molecule has 1 atom stereocenters. The van der Waals surface area contributed by atoms with E-state index in [9.17, 15) is 0 Å². The fourth-order valence-corrected chi connectivity index (χ4v) is 3.04. The molecule has 1 aromatic rings. The summed E-state index contributed by atoms with van der Waals surface area (Å²) in [5, 5.41) is 0.344. The van der Waals surface area contributed by atoms with E-state index < -0.39 is 0 Å². The maximum atomic E-state index is 6.17. The Labute approximate surface area is 116 Å². The largest absolute Gasteiger partial charge is 0.303 e. The Bertz CT molecular complexity index is 328. The average molecular weight is 266 g/mol. The lowest BCUT2D eigenvalue weighted by atomic mass is 9.94. The molecule has 0 spiro atoms. The highest BCUT2D eigenvalue weighted by Crippen LogP contribution is 2.23. The SMILES string of the molecule is CC(Cl)C1CCN(CCCc2ccccc2)CC1.